The summed E-state index contributed by atoms with van der Waals surface area (Å²) in [4.78, 5) is 12.8. The summed E-state index contributed by atoms with van der Waals surface area (Å²) in [6, 6.07) is 0. The van der Waals surface area contributed by atoms with Crippen molar-refractivity contribution in [1.82, 2.24) is 0 Å². The minimum Gasteiger partial charge on any atom is -0.481 e. The molecule has 0 radical (unpaired) electrons. The van der Waals surface area contributed by atoms with E-state index in [4.69, 9.17) is 0 Å². The molecule has 0 aliphatic heterocycles. The van der Waals surface area contributed by atoms with E-state index < -0.39 is 11.4 Å². The van der Waals surface area contributed by atoms with Gasteiger partial charge in [-0.1, -0.05) is 53.2 Å². The lowest BCUT2D eigenvalue weighted by atomic mass is 9.33. The number of hydrogen-bond donors (Lipinski definition) is 3. The van der Waals surface area contributed by atoms with Crippen LogP contribution in [0.15, 0.2) is 11.6 Å². The fourth-order valence-electron chi connectivity index (χ4n) is 11.0. The predicted molar refractivity (Wildman–Crippen MR) is 134 cm³/mol. The summed E-state index contributed by atoms with van der Waals surface area (Å²) in [6.45, 7) is 14.5. The standard InChI is InChI=1S/C30H48O4/c1-18-19(17-31)9-14-30(25(33)34)16-15-28(5)20(24(18)30)7-8-22-27(4)12-11-23(32)26(2,3)21(27)10-13-29(22,28)6/h7,18-19,21-24,31-32H,8-17H2,1-6H3,(H,33,34)/t18-,19-,21?,22?,23-,24-,27-,28+,29+,30-/m0/s1. The number of aliphatic carboxylic acids is 1. The number of hydrogen-bond acceptors (Lipinski definition) is 3. The van der Waals surface area contributed by atoms with E-state index in [1.807, 2.05) is 0 Å². The van der Waals surface area contributed by atoms with Crippen molar-refractivity contribution in [3.8, 4) is 0 Å². The number of rotatable bonds is 2. The molecule has 0 saturated heterocycles. The molecule has 192 valence electrons. The van der Waals surface area contributed by atoms with Crippen LogP contribution >= 0.6 is 0 Å². The van der Waals surface area contributed by atoms with Crippen LogP contribution in [0.3, 0.4) is 0 Å². The van der Waals surface area contributed by atoms with Gasteiger partial charge in [0.15, 0.2) is 0 Å². The molecule has 2 unspecified atom stereocenters. The number of allylic oxidation sites excluding steroid dienone is 2. The second-order valence-corrected chi connectivity index (χ2v) is 14.4. The highest BCUT2D eigenvalue weighted by molar-refractivity contribution is 5.76. The molecule has 0 aromatic carbocycles. The van der Waals surface area contributed by atoms with Gasteiger partial charge in [-0.15, -0.1) is 0 Å². The first-order valence-electron chi connectivity index (χ1n) is 14.0. The molecule has 5 aliphatic rings. The average Bonchev–Trinajstić information content (AvgIpc) is 2.77. The van der Waals surface area contributed by atoms with E-state index in [1.54, 1.807) is 0 Å². The van der Waals surface area contributed by atoms with Crippen molar-refractivity contribution in [2.75, 3.05) is 6.61 Å². The number of carbonyl (C=O) groups is 1. The maximum absolute atomic E-state index is 12.8. The summed E-state index contributed by atoms with van der Waals surface area (Å²) in [5.41, 5.74) is 1.03. The highest BCUT2D eigenvalue weighted by Crippen LogP contribution is 2.75. The van der Waals surface area contributed by atoms with Crippen LogP contribution in [0, 0.1) is 56.7 Å². The summed E-state index contributed by atoms with van der Waals surface area (Å²) in [5.74, 6) is 0.882. The van der Waals surface area contributed by atoms with Gasteiger partial charge in [-0.3, -0.25) is 4.79 Å². The topological polar surface area (TPSA) is 77.8 Å². The zero-order valence-electron chi connectivity index (χ0n) is 22.4. The van der Waals surface area contributed by atoms with Gasteiger partial charge < -0.3 is 15.3 Å². The molecular formula is C30H48O4. The summed E-state index contributed by atoms with van der Waals surface area (Å²) in [6.07, 6.45) is 10.8. The van der Waals surface area contributed by atoms with Crippen LogP contribution in [0.5, 0.6) is 0 Å². The van der Waals surface area contributed by atoms with Crippen molar-refractivity contribution < 1.29 is 20.1 Å². The smallest absolute Gasteiger partial charge is 0.310 e. The van der Waals surface area contributed by atoms with Crippen molar-refractivity contribution in [1.29, 1.82) is 0 Å². The second-order valence-electron chi connectivity index (χ2n) is 14.4. The number of carboxylic acid groups (broad SMARTS) is 1. The van der Waals surface area contributed by atoms with Crippen LogP contribution in [0.4, 0.5) is 0 Å². The minimum absolute atomic E-state index is 0.000670. The van der Waals surface area contributed by atoms with Crippen LogP contribution in [0.25, 0.3) is 0 Å². The third kappa shape index (κ3) is 2.82. The molecule has 10 atom stereocenters. The van der Waals surface area contributed by atoms with E-state index in [1.165, 1.54) is 5.57 Å². The number of aliphatic hydroxyl groups excluding tert-OH is 2. The van der Waals surface area contributed by atoms with Gasteiger partial charge in [0, 0.05) is 6.61 Å². The molecule has 4 fully saturated rings. The van der Waals surface area contributed by atoms with Gasteiger partial charge in [-0.2, -0.15) is 0 Å². The highest BCUT2D eigenvalue weighted by atomic mass is 16.4. The predicted octanol–water partition coefficient (Wildman–Crippen LogP) is 6.06. The molecule has 0 bridgehead atoms. The Morgan fingerprint density at radius 3 is 2.32 bits per heavy atom. The van der Waals surface area contributed by atoms with Gasteiger partial charge in [-0.05, 0) is 109 Å². The fraction of sp³-hybridized carbons (Fsp3) is 0.900. The molecule has 0 heterocycles. The number of fused-ring (bicyclic) bond motifs is 7. The third-order valence-electron chi connectivity index (χ3n) is 13.4. The zero-order valence-corrected chi connectivity index (χ0v) is 22.4. The van der Waals surface area contributed by atoms with E-state index >= 15 is 0 Å². The van der Waals surface area contributed by atoms with Gasteiger partial charge in [0.1, 0.15) is 0 Å². The third-order valence-corrected chi connectivity index (χ3v) is 13.4. The van der Waals surface area contributed by atoms with Crippen molar-refractivity contribution in [2.45, 2.75) is 105 Å². The van der Waals surface area contributed by atoms with E-state index in [-0.39, 0.29) is 52.1 Å². The van der Waals surface area contributed by atoms with Crippen molar-refractivity contribution in [2.24, 2.45) is 56.7 Å². The highest BCUT2D eigenvalue weighted by Gasteiger charge is 2.69. The molecule has 0 aromatic heterocycles. The molecule has 4 saturated carbocycles. The lowest BCUT2D eigenvalue weighted by Gasteiger charge is -2.71. The molecule has 5 rings (SSSR count). The van der Waals surface area contributed by atoms with Crippen molar-refractivity contribution in [3.05, 3.63) is 11.6 Å². The zero-order chi connectivity index (χ0) is 24.9. The quantitative estimate of drug-likeness (QED) is 0.427. The van der Waals surface area contributed by atoms with Gasteiger partial charge in [0.05, 0.1) is 11.5 Å². The van der Waals surface area contributed by atoms with Crippen molar-refractivity contribution >= 4 is 5.97 Å². The van der Waals surface area contributed by atoms with E-state index in [2.05, 4.69) is 47.6 Å². The Morgan fingerprint density at radius 1 is 0.971 bits per heavy atom. The average molecular weight is 473 g/mol. The normalized spacial score (nSPS) is 54.1. The molecule has 3 N–H and O–H groups in total. The number of aliphatic hydroxyl groups is 2. The van der Waals surface area contributed by atoms with Crippen molar-refractivity contribution in [3.63, 3.8) is 0 Å². The van der Waals surface area contributed by atoms with Crippen LogP contribution in [0.2, 0.25) is 0 Å². The first-order chi connectivity index (χ1) is 15.8. The Labute approximate surface area is 206 Å². The SMILES string of the molecule is C[C@H]1[C@H](CO)CC[C@]2(C(=O)O)CC[C@]3(C)C(=CCC4[C@@]5(C)CC[C@H](O)C(C)(C)C5CC[C@]43C)[C@H]12. The lowest BCUT2D eigenvalue weighted by molar-refractivity contribution is -0.207. The molecule has 0 spiro atoms. The molecule has 4 heteroatoms. The van der Waals surface area contributed by atoms with Gasteiger partial charge in [0.25, 0.3) is 0 Å². The molecule has 0 amide bonds. The van der Waals surface area contributed by atoms with E-state index in [0.29, 0.717) is 18.3 Å². The first kappa shape index (κ1) is 24.8. The second kappa shape index (κ2) is 7.57. The number of carboxylic acids is 1. The minimum atomic E-state index is -0.669. The molecule has 34 heavy (non-hydrogen) atoms. The van der Waals surface area contributed by atoms with Crippen LogP contribution in [-0.2, 0) is 4.79 Å². The van der Waals surface area contributed by atoms with Crippen LogP contribution in [0.1, 0.15) is 99.3 Å². The monoisotopic (exact) mass is 472 g/mol. The van der Waals surface area contributed by atoms with Crippen LogP contribution in [-0.4, -0.2) is 34.0 Å². The molecule has 4 nitrogen and oxygen atoms in total. The van der Waals surface area contributed by atoms with Gasteiger partial charge >= 0.3 is 5.97 Å². The Morgan fingerprint density at radius 2 is 1.68 bits per heavy atom. The molecular weight excluding hydrogens is 424 g/mol. The lowest BCUT2D eigenvalue weighted by Crippen LogP contribution is -2.65. The maximum Gasteiger partial charge on any atom is 0.310 e. The summed E-state index contributed by atoms with van der Waals surface area (Å²) < 4.78 is 0. The Balaban J connectivity index is 1.61. The summed E-state index contributed by atoms with van der Waals surface area (Å²) >= 11 is 0. The summed E-state index contributed by atoms with van der Waals surface area (Å²) in [5, 5.41) is 31.5. The first-order valence-corrected chi connectivity index (χ1v) is 14.0. The summed E-state index contributed by atoms with van der Waals surface area (Å²) in [7, 11) is 0. The van der Waals surface area contributed by atoms with Gasteiger partial charge in [0.2, 0.25) is 0 Å². The molecule has 0 aromatic rings. The largest absolute Gasteiger partial charge is 0.481 e. The Bertz CT molecular complexity index is 892. The Hall–Kier alpha value is -0.870. The maximum atomic E-state index is 12.8. The Kier molecular flexibility index (Phi) is 5.52. The van der Waals surface area contributed by atoms with E-state index in [9.17, 15) is 20.1 Å². The molecule has 5 aliphatic carbocycles. The van der Waals surface area contributed by atoms with E-state index in [0.717, 1.165) is 51.4 Å². The fourth-order valence-corrected chi connectivity index (χ4v) is 11.0. The van der Waals surface area contributed by atoms with Gasteiger partial charge in [-0.25, -0.2) is 0 Å². The van der Waals surface area contributed by atoms with Crippen LogP contribution < -0.4 is 0 Å².